The largest absolute Gasteiger partial charge is 0.316 e. The molecule has 0 radical (unpaired) electrons. The highest BCUT2D eigenvalue weighted by Gasteiger charge is 2.28. The minimum Gasteiger partial charge on any atom is -0.316 e. The highest BCUT2D eigenvalue weighted by Crippen LogP contribution is 2.20. The summed E-state index contributed by atoms with van der Waals surface area (Å²) in [5.41, 5.74) is 0. The lowest BCUT2D eigenvalue weighted by molar-refractivity contribution is 0.140. The van der Waals surface area contributed by atoms with Crippen molar-refractivity contribution in [1.29, 1.82) is 0 Å². The molecule has 2 aliphatic heterocycles. The highest BCUT2D eigenvalue weighted by molar-refractivity contribution is 7.88. The summed E-state index contributed by atoms with van der Waals surface area (Å²) in [4.78, 5) is 2.44. The average molecular weight is 326 g/mol. The lowest BCUT2D eigenvalue weighted by Gasteiger charge is -2.37. The zero-order valence-electron chi connectivity index (χ0n) is 12.5. The number of sulfonamides is 1. The van der Waals surface area contributed by atoms with Crippen LogP contribution < -0.4 is 5.32 Å². The van der Waals surface area contributed by atoms with Crippen LogP contribution in [0.3, 0.4) is 0 Å². The molecule has 0 amide bonds. The monoisotopic (exact) mass is 325 g/mol. The van der Waals surface area contributed by atoms with Crippen LogP contribution in [0.4, 0.5) is 0 Å². The van der Waals surface area contributed by atoms with Gasteiger partial charge in [0.15, 0.2) is 0 Å². The number of hydrogen-bond donors (Lipinski definition) is 1. The van der Waals surface area contributed by atoms with E-state index < -0.39 is 10.0 Å². The van der Waals surface area contributed by atoms with Crippen molar-refractivity contribution in [3.05, 3.63) is 0 Å². The fraction of sp³-hybridized carbons (Fsp3) is 1.00. The molecule has 0 aliphatic carbocycles. The smallest absolute Gasteiger partial charge is 0.211 e. The maximum Gasteiger partial charge on any atom is 0.211 e. The maximum atomic E-state index is 11.5. The van der Waals surface area contributed by atoms with Gasteiger partial charge in [0.2, 0.25) is 10.0 Å². The summed E-state index contributed by atoms with van der Waals surface area (Å²) < 4.78 is 24.6. The van der Waals surface area contributed by atoms with E-state index in [1.165, 1.54) is 19.1 Å². The standard InChI is InChI=1S/C13H27N3O2S.ClH/c1-15(11-12-4-3-7-14-10-12)13-5-8-16(9-6-13)19(2,17)18;/h12-14H,3-11H2,1-2H3;1H. The van der Waals surface area contributed by atoms with E-state index in [0.29, 0.717) is 19.1 Å². The molecule has 0 aromatic heterocycles. The van der Waals surface area contributed by atoms with Gasteiger partial charge >= 0.3 is 0 Å². The van der Waals surface area contributed by atoms with Gasteiger partial charge in [0, 0.05) is 25.7 Å². The summed E-state index contributed by atoms with van der Waals surface area (Å²) in [6, 6.07) is 0.542. The first-order chi connectivity index (χ1) is 8.97. The number of nitrogens with one attached hydrogen (secondary N) is 1. The summed E-state index contributed by atoms with van der Waals surface area (Å²) in [7, 11) is -0.808. The third-order valence-corrected chi connectivity index (χ3v) is 5.76. The summed E-state index contributed by atoms with van der Waals surface area (Å²) in [5.74, 6) is 0.756. The van der Waals surface area contributed by atoms with Crippen LogP contribution in [0.1, 0.15) is 25.7 Å². The molecule has 2 aliphatic rings. The van der Waals surface area contributed by atoms with Crippen LogP contribution in [0.2, 0.25) is 0 Å². The molecule has 2 fully saturated rings. The van der Waals surface area contributed by atoms with Crippen LogP contribution in [-0.2, 0) is 10.0 Å². The Morgan fingerprint density at radius 3 is 2.40 bits per heavy atom. The normalized spacial score (nSPS) is 26.4. The molecule has 120 valence electrons. The summed E-state index contributed by atoms with van der Waals surface area (Å²) >= 11 is 0. The average Bonchev–Trinajstić information content (AvgIpc) is 2.39. The first kappa shape index (κ1) is 18.2. The molecule has 20 heavy (non-hydrogen) atoms. The Kier molecular flexibility index (Phi) is 7.21. The van der Waals surface area contributed by atoms with Gasteiger partial charge in [-0.15, -0.1) is 12.4 Å². The minimum absolute atomic E-state index is 0. The Labute approximate surface area is 129 Å². The predicted octanol–water partition coefficient (Wildman–Crippen LogP) is 0.764. The van der Waals surface area contributed by atoms with E-state index in [4.69, 9.17) is 0 Å². The number of rotatable bonds is 4. The molecule has 1 unspecified atom stereocenters. The second-order valence-electron chi connectivity index (χ2n) is 6.05. The summed E-state index contributed by atoms with van der Waals surface area (Å²) in [5, 5.41) is 3.46. The Bertz CT molecular complexity index is 377. The molecule has 5 nitrogen and oxygen atoms in total. The molecule has 2 heterocycles. The van der Waals surface area contributed by atoms with Gasteiger partial charge in [0.1, 0.15) is 0 Å². The molecule has 0 aromatic carbocycles. The second kappa shape index (κ2) is 7.94. The zero-order chi connectivity index (χ0) is 13.9. The van der Waals surface area contributed by atoms with Gasteiger partial charge in [-0.3, -0.25) is 0 Å². The fourth-order valence-corrected chi connectivity index (χ4v) is 4.12. The van der Waals surface area contributed by atoms with Gasteiger partial charge in [0.05, 0.1) is 6.26 Å². The molecule has 1 N–H and O–H groups in total. The molecule has 1 atom stereocenters. The number of hydrogen-bond acceptors (Lipinski definition) is 4. The van der Waals surface area contributed by atoms with Crippen LogP contribution in [-0.4, -0.2) is 69.7 Å². The van der Waals surface area contributed by atoms with E-state index in [2.05, 4.69) is 17.3 Å². The molecular formula is C13H28ClN3O2S. The quantitative estimate of drug-likeness (QED) is 0.829. The van der Waals surface area contributed by atoms with Crippen molar-refractivity contribution < 1.29 is 8.42 Å². The van der Waals surface area contributed by atoms with E-state index >= 15 is 0 Å². The first-order valence-corrected chi connectivity index (χ1v) is 9.17. The Hall–Kier alpha value is 0.120. The molecule has 0 spiro atoms. The van der Waals surface area contributed by atoms with Gasteiger partial charge in [-0.1, -0.05) is 0 Å². The van der Waals surface area contributed by atoms with Crippen molar-refractivity contribution in [3.63, 3.8) is 0 Å². The third kappa shape index (κ3) is 5.15. The number of piperidine rings is 2. The molecule has 2 saturated heterocycles. The molecule has 0 aromatic rings. The topological polar surface area (TPSA) is 52.6 Å². The van der Waals surface area contributed by atoms with Gasteiger partial charge in [0.25, 0.3) is 0 Å². The van der Waals surface area contributed by atoms with Crippen molar-refractivity contribution in [2.45, 2.75) is 31.7 Å². The minimum atomic E-state index is -3.00. The van der Waals surface area contributed by atoms with E-state index in [1.807, 2.05) is 0 Å². The van der Waals surface area contributed by atoms with Gasteiger partial charge in [-0.2, -0.15) is 0 Å². The molecule has 7 heteroatoms. The zero-order valence-corrected chi connectivity index (χ0v) is 14.2. The van der Waals surface area contributed by atoms with Crippen LogP contribution in [0, 0.1) is 5.92 Å². The highest BCUT2D eigenvalue weighted by atomic mass is 35.5. The number of nitrogens with zero attached hydrogens (tertiary/aromatic N) is 2. The van der Waals surface area contributed by atoms with Gasteiger partial charge in [-0.05, 0) is 51.7 Å². The fourth-order valence-electron chi connectivity index (χ4n) is 3.25. The van der Waals surface area contributed by atoms with Crippen LogP contribution >= 0.6 is 12.4 Å². The van der Waals surface area contributed by atoms with Crippen LogP contribution in [0.25, 0.3) is 0 Å². The molecule has 2 rings (SSSR count). The Morgan fingerprint density at radius 1 is 1.25 bits per heavy atom. The van der Waals surface area contributed by atoms with E-state index in [0.717, 1.165) is 38.4 Å². The lowest BCUT2D eigenvalue weighted by Crippen LogP contribution is -2.47. The van der Waals surface area contributed by atoms with Crippen molar-refractivity contribution in [2.24, 2.45) is 5.92 Å². The van der Waals surface area contributed by atoms with E-state index in [1.54, 1.807) is 4.31 Å². The van der Waals surface area contributed by atoms with Crippen molar-refractivity contribution in [1.82, 2.24) is 14.5 Å². The molecule has 0 bridgehead atoms. The maximum absolute atomic E-state index is 11.5. The third-order valence-electron chi connectivity index (χ3n) is 4.46. The summed E-state index contributed by atoms with van der Waals surface area (Å²) in [6.45, 7) is 4.78. The van der Waals surface area contributed by atoms with Gasteiger partial charge < -0.3 is 10.2 Å². The van der Waals surface area contributed by atoms with Crippen LogP contribution in [0.5, 0.6) is 0 Å². The molecular weight excluding hydrogens is 298 g/mol. The van der Waals surface area contributed by atoms with Crippen molar-refractivity contribution in [2.75, 3.05) is 46.0 Å². The SMILES string of the molecule is CN(CC1CCCNC1)C1CCN(S(C)(=O)=O)CC1.Cl. The Morgan fingerprint density at radius 2 is 1.90 bits per heavy atom. The van der Waals surface area contributed by atoms with E-state index in [-0.39, 0.29) is 12.4 Å². The number of halogens is 1. The van der Waals surface area contributed by atoms with Crippen molar-refractivity contribution >= 4 is 22.4 Å². The predicted molar refractivity (Wildman–Crippen MR) is 84.9 cm³/mol. The van der Waals surface area contributed by atoms with E-state index in [9.17, 15) is 8.42 Å². The lowest BCUT2D eigenvalue weighted by atomic mass is 9.97. The van der Waals surface area contributed by atoms with Crippen LogP contribution in [0.15, 0.2) is 0 Å². The second-order valence-corrected chi connectivity index (χ2v) is 8.03. The van der Waals surface area contributed by atoms with Crippen molar-refractivity contribution in [3.8, 4) is 0 Å². The molecule has 0 saturated carbocycles. The van der Waals surface area contributed by atoms with Gasteiger partial charge in [-0.25, -0.2) is 12.7 Å². The Balaban J connectivity index is 0.00000200. The summed E-state index contributed by atoms with van der Waals surface area (Å²) in [6.07, 6.45) is 5.84. The first-order valence-electron chi connectivity index (χ1n) is 7.33.